The summed E-state index contributed by atoms with van der Waals surface area (Å²) in [6.07, 6.45) is 0.700. The van der Waals surface area contributed by atoms with Crippen molar-refractivity contribution < 1.29 is 18.1 Å². The van der Waals surface area contributed by atoms with Crippen molar-refractivity contribution in [3.63, 3.8) is 0 Å². The fourth-order valence-electron chi connectivity index (χ4n) is 3.29. The summed E-state index contributed by atoms with van der Waals surface area (Å²) < 4.78 is 27.6. The SMILES string of the molecule is CCc1cccc(C)c1NC(=O)CN(c1ccc([N+](=O)[O-])cc1)S(=O)(=O)c1ccccc1. The van der Waals surface area contributed by atoms with Crippen molar-refractivity contribution in [1.82, 2.24) is 0 Å². The molecule has 3 rings (SSSR count). The summed E-state index contributed by atoms with van der Waals surface area (Å²) in [6.45, 7) is 3.34. The van der Waals surface area contributed by atoms with Gasteiger partial charge in [-0.25, -0.2) is 8.42 Å². The van der Waals surface area contributed by atoms with Gasteiger partial charge in [0.25, 0.3) is 15.7 Å². The third-order valence-electron chi connectivity index (χ3n) is 4.97. The predicted molar refractivity (Wildman–Crippen MR) is 123 cm³/mol. The number of amides is 1. The van der Waals surface area contributed by atoms with E-state index in [4.69, 9.17) is 0 Å². The minimum Gasteiger partial charge on any atom is -0.324 e. The average molecular weight is 454 g/mol. The van der Waals surface area contributed by atoms with Crippen LogP contribution < -0.4 is 9.62 Å². The van der Waals surface area contributed by atoms with E-state index in [1.54, 1.807) is 18.2 Å². The zero-order chi connectivity index (χ0) is 23.3. The van der Waals surface area contributed by atoms with E-state index >= 15 is 0 Å². The summed E-state index contributed by atoms with van der Waals surface area (Å²) in [5, 5.41) is 13.8. The van der Waals surface area contributed by atoms with Crippen LogP contribution in [0.25, 0.3) is 0 Å². The maximum atomic E-state index is 13.3. The molecule has 3 aromatic rings. The van der Waals surface area contributed by atoms with Gasteiger partial charge < -0.3 is 5.32 Å². The van der Waals surface area contributed by atoms with E-state index in [9.17, 15) is 23.3 Å². The van der Waals surface area contributed by atoms with E-state index in [1.807, 2.05) is 32.0 Å². The van der Waals surface area contributed by atoms with Crippen LogP contribution in [-0.2, 0) is 21.2 Å². The summed E-state index contributed by atoms with van der Waals surface area (Å²) >= 11 is 0. The molecule has 0 radical (unpaired) electrons. The molecule has 0 aliphatic heterocycles. The molecule has 8 nitrogen and oxygen atoms in total. The van der Waals surface area contributed by atoms with Gasteiger partial charge in [-0.05, 0) is 48.7 Å². The Balaban J connectivity index is 1.98. The van der Waals surface area contributed by atoms with E-state index < -0.39 is 27.4 Å². The summed E-state index contributed by atoms with van der Waals surface area (Å²) in [5.41, 5.74) is 2.43. The Morgan fingerprint density at radius 2 is 1.66 bits per heavy atom. The van der Waals surface area contributed by atoms with Crippen LogP contribution >= 0.6 is 0 Å². The van der Waals surface area contributed by atoms with Crippen molar-refractivity contribution in [2.24, 2.45) is 0 Å². The van der Waals surface area contributed by atoms with Crippen molar-refractivity contribution in [2.45, 2.75) is 25.2 Å². The molecular formula is C23H23N3O5S. The van der Waals surface area contributed by atoms with Crippen molar-refractivity contribution >= 4 is 33.0 Å². The lowest BCUT2D eigenvalue weighted by Gasteiger charge is -2.24. The quantitative estimate of drug-likeness (QED) is 0.404. The Morgan fingerprint density at radius 1 is 1.00 bits per heavy atom. The number of nitrogens with one attached hydrogen (secondary N) is 1. The number of nitrogens with zero attached hydrogens (tertiary/aromatic N) is 2. The smallest absolute Gasteiger partial charge is 0.269 e. The minimum atomic E-state index is -4.10. The van der Waals surface area contributed by atoms with E-state index in [0.29, 0.717) is 12.1 Å². The molecule has 0 heterocycles. The van der Waals surface area contributed by atoms with Crippen LogP contribution in [0.15, 0.2) is 77.7 Å². The maximum absolute atomic E-state index is 13.3. The van der Waals surface area contributed by atoms with E-state index in [0.717, 1.165) is 15.4 Å². The van der Waals surface area contributed by atoms with Crippen molar-refractivity contribution in [3.05, 3.63) is 94.0 Å². The lowest BCUT2D eigenvalue weighted by molar-refractivity contribution is -0.384. The number of hydrogen-bond acceptors (Lipinski definition) is 5. The third-order valence-corrected chi connectivity index (χ3v) is 6.76. The molecular weight excluding hydrogens is 430 g/mol. The summed E-state index contributed by atoms with van der Waals surface area (Å²) in [4.78, 5) is 23.4. The monoisotopic (exact) mass is 453 g/mol. The first-order valence-electron chi connectivity index (χ1n) is 9.94. The number of non-ortho nitro benzene ring substituents is 1. The van der Waals surface area contributed by atoms with Crippen LogP contribution in [0, 0.1) is 17.0 Å². The fraction of sp³-hybridized carbons (Fsp3) is 0.174. The van der Waals surface area contributed by atoms with Gasteiger partial charge in [-0.15, -0.1) is 0 Å². The van der Waals surface area contributed by atoms with Gasteiger partial charge in [0.05, 0.1) is 15.5 Å². The molecule has 0 aromatic heterocycles. The van der Waals surface area contributed by atoms with Gasteiger partial charge in [0, 0.05) is 17.8 Å². The Morgan fingerprint density at radius 3 is 2.25 bits per heavy atom. The van der Waals surface area contributed by atoms with E-state index in [2.05, 4.69) is 5.32 Å². The van der Waals surface area contributed by atoms with Gasteiger partial charge in [-0.2, -0.15) is 0 Å². The number of nitro groups is 1. The Kier molecular flexibility index (Phi) is 6.89. The molecule has 32 heavy (non-hydrogen) atoms. The number of nitro benzene ring substituents is 1. The molecule has 0 atom stereocenters. The zero-order valence-corrected chi connectivity index (χ0v) is 18.5. The molecule has 0 bridgehead atoms. The Hall–Kier alpha value is -3.72. The van der Waals surface area contributed by atoms with E-state index in [-0.39, 0.29) is 16.3 Å². The first-order valence-corrected chi connectivity index (χ1v) is 11.4. The first kappa shape index (κ1) is 23.0. The van der Waals surface area contributed by atoms with Gasteiger partial charge in [0.15, 0.2) is 0 Å². The number of para-hydroxylation sites is 1. The molecule has 0 saturated heterocycles. The topological polar surface area (TPSA) is 110 Å². The predicted octanol–water partition coefficient (Wildman–Crippen LogP) is 4.30. The fourth-order valence-corrected chi connectivity index (χ4v) is 4.73. The molecule has 0 saturated carbocycles. The normalized spacial score (nSPS) is 11.1. The summed E-state index contributed by atoms with van der Waals surface area (Å²) in [6, 6.07) is 18.4. The number of rotatable bonds is 8. The molecule has 0 fully saturated rings. The van der Waals surface area contributed by atoms with Gasteiger partial charge in [0.1, 0.15) is 6.54 Å². The van der Waals surface area contributed by atoms with Gasteiger partial charge in [0.2, 0.25) is 5.91 Å². The van der Waals surface area contributed by atoms with Crippen LogP contribution in [0.5, 0.6) is 0 Å². The number of carbonyl (C=O) groups is 1. The zero-order valence-electron chi connectivity index (χ0n) is 17.7. The van der Waals surface area contributed by atoms with Crippen LogP contribution in [0.1, 0.15) is 18.1 Å². The van der Waals surface area contributed by atoms with Gasteiger partial charge >= 0.3 is 0 Å². The molecule has 0 aliphatic rings. The number of sulfonamides is 1. The number of aryl methyl sites for hydroxylation is 2. The molecule has 0 spiro atoms. The third kappa shape index (κ3) is 4.94. The second-order valence-corrected chi connectivity index (χ2v) is 8.97. The molecule has 3 aromatic carbocycles. The highest BCUT2D eigenvalue weighted by Crippen LogP contribution is 2.26. The first-order chi connectivity index (χ1) is 15.2. The average Bonchev–Trinajstić information content (AvgIpc) is 2.79. The molecule has 9 heteroatoms. The molecule has 166 valence electrons. The van der Waals surface area contributed by atoms with Crippen LogP contribution in [0.4, 0.5) is 17.1 Å². The van der Waals surface area contributed by atoms with Crippen LogP contribution in [0.3, 0.4) is 0 Å². The largest absolute Gasteiger partial charge is 0.324 e. The molecule has 1 N–H and O–H groups in total. The van der Waals surface area contributed by atoms with Crippen LogP contribution in [-0.4, -0.2) is 25.8 Å². The highest BCUT2D eigenvalue weighted by Gasteiger charge is 2.28. The standard InChI is InChI=1S/C23H23N3O5S/c1-3-18-9-7-8-17(2)23(18)24-22(27)16-25(19-12-14-20(15-13-19)26(28)29)32(30,31)21-10-5-4-6-11-21/h4-15H,3,16H2,1-2H3,(H,24,27). The minimum absolute atomic E-state index is 0.0105. The molecule has 0 aliphatic carbocycles. The van der Waals surface area contributed by atoms with Crippen molar-refractivity contribution in [2.75, 3.05) is 16.2 Å². The molecule has 0 unspecified atom stereocenters. The number of hydrogen-bond donors (Lipinski definition) is 1. The maximum Gasteiger partial charge on any atom is 0.269 e. The lowest BCUT2D eigenvalue weighted by atomic mass is 10.1. The highest BCUT2D eigenvalue weighted by molar-refractivity contribution is 7.92. The summed E-state index contributed by atoms with van der Waals surface area (Å²) in [5.74, 6) is -0.521. The van der Waals surface area contributed by atoms with Crippen LogP contribution in [0.2, 0.25) is 0 Å². The number of benzene rings is 3. The van der Waals surface area contributed by atoms with Gasteiger partial charge in [-0.1, -0.05) is 43.3 Å². The lowest BCUT2D eigenvalue weighted by Crippen LogP contribution is -2.38. The van der Waals surface area contributed by atoms with Crippen molar-refractivity contribution in [1.29, 1.82) is 0 Å². The highest BCUT2D eigenvalue weighted by atomic mass is 32.2. The molecule has 1 amide bonds. The second-order valence-electron chi connectivity index (χ2n) is 7.11. The van der Waals surface area contributed by atoms with Gasteiger partial charge in [-0.3, -0.25) is 19.2 Å². The number of anilines is 2. The second kappa shape index (κ2) is 9.61. The Bertz CT molecular complexity index is 1230. The Labute approximate surface area is 186 Å². The van der Waals surface area contributed by atoms with Crippen molar-refractivity contribution in [3.8, 4) is 0 Å². The number of carbonyl (C=O) groups excluding carboxylic acids is 1. The van der Waals surface area contributed by atoms with E-state index in [1.165, 1.54) is 36.4 Å². The summed E-state index contributed by atoms with van der Waals surface area (Å²) in [7, 11) is -4.10.